The summed E-state index contributed by atoms with van der Waals surface area (Å²) in [7, 11) is 0. The average Bonchev–Trinajstić information content (AvgIpc) is 2.98. The van der Waals surface area contributed by atoms with E-state index in [0.717, 1.165) is 10.9 Å². The number of carbonyl (C=O) groups excluding carboxylic acids is 1. The van der Waals surface area contributed by atoms with E-state index in [1.165, 1.54) is 0 Å². The maximum atomic E-state index is 11.9. The number of nitrogens with one attached hydrogen (secondary N) is 1. The standard InChI is InChI=1S/C17H20ClN3O4/c1-2-25-17(24)21-7-5-20(6-8-21)15(16(22)23)13-10-19-14-9-11(18)3-4-12(13)14/h3-4,9-10,15,19H,2,5-8H2,1H3,(H,22,23). The predicted molar refractivity (Wildman–Crippen MR) is 93.9 cm³/mol. The van der Waals surface area contributed by atoms with Crippen LogP contribution in [0.5, 0.6) is 0 Å². The number of aromatic nitrogens is 1. The van der Waals surface area contributed by atoms with Crippen LogP contribution in [-0.2, 0) is 9.53 Å². The monoisotopic (exact) mass is 365 g/mol. The summed E-state index contributed by atoms with van der Waals surface area (Å²) in [6.45, 7) is 3.91. The van der Waals surface area contributed by atoms with Crippen LogP contribution in [0.15, 0.2) is 24.4 Å². The molecule has 0 saturated carbocycles. The first-order valence-electron chi connectivity index (χ1n) is 8.16. The largest absolute Gasteiger partial charge is 0.480 e. The molecule has 1 amide bonds. The molecule has 1 fully saturated rings. The number of aliphatic carboxylic acids is 1. The van der Waals surface area contributed by atoms with Crippen molar-refractivity contribution in [3.8, 4) is 0 Å². The summed E-state index contributed by atoms with van der Waals surface area (Å²) in [6.07, 6.45) is 1.37. The van der Waals surface area contributed by atoms with Crippen LogP contribution in [0.3, 0.4) is 0 Å². The number of benzene rings is 1. The zero-order chi connectivity index (χ0) is 18.0. The summed E-state index contributed by atoms with van der Waals surface area (Å²) in [5, 5.41) is 11.2. The summed E-state index contributed by atoms with van der Waals surface area (Å²) in [5.41, 5.74) is 1.50. The summed E-state index contributed by atoms with van der Waals surface area (Å²) >= 11 is 5.99. The second-order valence-corrected chi connectivity index (χ2v) is 6.33. The molecule has 1 aromatic carbocycles. The smallest absolute Gasteiger partial charge is 0.409 e. The number of fused-ring (bicyclic) bond motifs is 1. The molecule has 0 radical (unpaired) electrons. The molecule has 1 aliphatic heterocycles. The Morgan fingerprint density at radius 2 is 2.04 bits per heavy atom. The number of aromatic amines is 1. The molecule has 0 bridgehead atoms. The van der Waals surface area contributed by atoms with Gasteiger partial charge in [0.05, 0.1) is 6.61 Å². The number of piperazine rings is 1. The summed E-state index contributed by atoms with van der Waals surface area (Å²) in [6, 6.07) is 4.57. The van der Waals surface area contributed by atoms with Crippen LogP contribution < -0.4 is 0 Å². The van der Waals surface area contributed by atoms with E-state index >= 15 is 0 Å². The second-order valence-electron chi connectivity index (χ2n) is 5.90. The maximum absolute atomic E-state index is 11.9. The fourth-order valence-corrected chi connectivity index (χ4v) is 3.38. The maximum Gasteiger partial charge on any atom is 0.409 e. The lowest BCUT2D eigenvalue weighted by Crippen LogP contribution is -2.51. The van der Waals surface area contributed by atoms with Gasteiger partial charge in [0.1, 0.15) is 6.04 Å². The van der Waals surface area contributed by atoms with Gasteiger partial charge < -0.3 is 19.7 Å². The molecular weight excluding hydrogens is 346 g/mol. The van der Waals surface area contributed by atoms with Gasteiger partial charge in [0, 0.05) is 53.9 Å². The Morgan fingerprint density at radius 1 is 1.32 bits per heavy atom. The first kappa shape index (κ1) is 17.6. The van der Waals surface area contributed by atoms with Crippen molar-refractivity contribution in [3.05, 3.63) is 35.0 Å². The molecule has 25 heavy (non-hydrogen) atoms. The van der Waals surface area contributed by atoms with Crippen LogP contribution >= 0.6 is 11.6 Å². The number of rotatable bonds is 4. The lowest BCUT2D eigenvalue weighted by molar-refractivity contribution is -0.144. The molecule has 1 atom stereocenters. The molecule has 2 aromatic rings. The number of nitrogens with zero attached hydrogens (tertiary/aromatic N) is 2. The Kier molecular flexibility index (Phi) is 5.15. The Balaban J connectivity index is 1.80. The average molecular weight is 366 g/mol. The number of hydrogen-bond donors (Lipinski definition) is 2. The van der Waals surface area contributed by atoms with Crippen LogP contribution in [0.25, 0.3) is 10.9 Å². The quantitative estimate of drug-likeness (QED) is 0.870. The minimum absolute atomic E-state index is 0.328. The number of halogens is 1. The van der Waals surface area contributed by atoms with E-state index in [9.17, 15) is 14.7 Å². The highest BCUT2D eigenvalue weighted by atomic mass is 35.5. The molecule has 8 heteroatoms. The summed E-state index contributed by atoms with van der Waals surface area (Å²) in [4.78, 5) is 30.3. The third-order valence-electron chi connectivity index (χ3n) is 4.41. The Morgan fingerprint density at radius 3 is 2.68 bits per heavy atom. The van der Waals surface area contributed by atoms with Crippen LogP contribution in [-0.4, -0.2) is 64.7 Å². The van der Waals surface area contributed by atoms with Crippen molar-refractivity contribution < 1.29 is 19.4 Å². The fraction of sp³-hybridized carbons (Fsp3) is 0.412. The Labute approximate surface area is 150 Å². The molecule has 2 N–H and O–H groups in total. The number of hydrogen-bond acceptors (Lipinski definition) is 4. The SMILES string of the molecule is CCOC(=O)N1CCN(C(C(=O)O)c2c[nH]c3cc(Cl)ccc23)CC1. The lowest BCUT2D eigenvalue weighted by Gasteiger charge is -2.37. The number of ether oxygens (including phenoxy) is 1. The minimum atomic E-state index is -0.916. The zero-order valence-electron chi connectivity index (χ0n) is 13.9. The zero-order valence-corrected chi connectivity index (χ0v) is 14.6. The number of carboxylic acids is 1. The molecular formula is C17H20ClN3O4. The molecule has 134 valence electrons. The van der Waals surface area contributed by atoms with Crippen LogP contribution in [0.2, 0.25) is 5.02 Å². The number of H-pyrrole nitrogens is 1. The predicted octanol–water partition coefficient (Wildman–Crippen LogP) is 2.72. The van der Waals surface area contributed by atoms with Crippen LogP contribution in [0, 0.1) is 0 Å². The molecule has 1 aliphatic rings. The van der Waals surface area contributed by atoms with E-state index in [4.69, 9.17) is 16.3 Å². The summed E-state index contributed by atoms with van der Waals surface area (Å²) < 4.78 is 5.00. The van der Waals surface area contributed by atoms with E-state index in [2.05, 4.69) is 4.98 Å². The molecule has 2 heterocycles. The highest BCUT2D eigenvalue weighted by Crippen LogP contribution is 2.31. The van der Waals surface area contributed by atoms with Crippen molar-refractivity contribution >= 4 is 34.6 Å². The van der Waals surface area contributed by atoms with Gasteiger partial charge in [-0.2, -0.15) is 0 Å². The van der Waals surface area contributed by atoms with Crippen LogP contribution in [0.1, 0.15) is 18.5 Å². The third kappa shape index (κ3) is 3.57. The second kappa shape index (κ2) is 7.33. The molecule has 3 rings (SSSR count). The summed E-state index contributed by atoms with van der Waals surface area (Å²) in [5.74, 6) is -0.916. The number of amides is 1. The molecule has 1 aromatic heterocycles. The Bertz CT molecular complexity index is 783. The van der Waals surface area contributed by atoms with E-state index in [0.29, 0.717) is 43.4 Å². The number of carboxylic acid groups (broad SMARTS) is 1. The molecule has 0 spiro atoms. The van der Waals surface area contributed by atoms with Crippen molar-refractivity contribution in [2.45, 2.75) is 13.0 Å². The van der Waals surface area contributed by atoms with Gasteiger partial charge in [0.15, 0.2) is 0 Å². The van der Waals surface area contributed by atoms with Crippen molar-refractivity contribution in [1.82, 2.24) is 14.8 Å². The van der Waals surface area contributed by atoms with Gasteiger partial charge in [-0.1, -0.05) is 17.7 Å². The van der Waals surface area contributed by atoms with E-state index in [-0.39, 0.29) is 6.09 Å². The van der Waals surface area contributed by atoms with Crippen molar-refractivity contribution in [2.24, 2.45) is 0 Å². The van der Waals surface area contributed by atoms with E-state index in [1.807, 2.05) is 11.0 Å². The minimum Gasteiger partial charge on any atom is -0.480 e. The van der Waals surface area contributed by atoms with Crippen molar-refractivity contribution in [1.29, 1.82) is 0 Å². The highest BCUT2D eigenvalue weighted by molar-refractivity contribution is 6.31. The van der Waals surface area contributed by atoms with Crippen molar-refractivity contribution in [2.75, 3.05) is 32.8 Å². The van der Waals surface area contributed by atoms with Gasteiger partial charge >= 0.3 is 12.1 Å². The van der Waals surface area contributed by atoms with Gasteiger partial charge in [0.2, 0.25) is 0 Å². The normalized spacial score (nSPS) is 16.8. The molecule has 1 unspecified atom stereocenters. The third-order valence-corrected chi connectivity index (χ3v) is 4.64. The lowest BCUT2D eigenvalue weighted by atomic mass is 10.0. The number of carbonyl (C=O) groups is 2. The van der Waals surface area contributed by atoms with Gasteiger partial charge in [-0.3, -0.25) is 9.69 Å². The van der Waals surface area contributed by atoms with E-state index in [1.54, 1.807) is 30.2 Å². The van der Waals surface area contributed by atoms with Gasteiger partial charge in [0.25, 0.3) is 0 Å². The molecule has 7 nitrogen and oxygen atoms in total. The van der Waals surface area contributed by atoms with Crippen molar-refractivity contribution in [3.63, 3.8) is 0 Å². The molecule has 0 aliphatic carbocycles. The first-order valence-corrected chi connectivity index (χ1v) is 8.54. The fourth-order valence-electron chi connectivity index (χ4n) is 3.21. The highest BCUT2D eigenvalue weighted by Gasteiger charge is 2.33. The van der Waals surface area contributed by atoms with Gasteiger partial charge in [-0.15, -0.1) is 0 Å². The first-order chi connectivity index (χ1) is 12.0. The van der Waals surface area contributed by atoms with E-state index < -0.39 is 12.0 Å². The van der Waals surface area contributed by atoms with Gasteiger partial charge in [-0.25, -0.2) is 4.79 Å². The topological polar surface area (TPSA) is 85.9 Å². The van der Waals surface area contributed by atoms with Gasteiger partial charge in [-0.05, 0) is 19.1 Å². The Hall–Kier alpha value is -2.25. The van der Waals surface area contributed by atoms with Crippen LogP contribution in [0.4, 0.5) is 4.79 Å². The molecule has 1 saturated heterocycles.